The molecule has 5 nitrogen and oxygen atoms in total. The van der Waals surface area contributed by atoms with Gasteiger partial charge in [0.1, 0.15) is 5.75 Å². The largest absolute Gasteiger partial charge is 0.495 e. The lowest BCUT2D eigenvalue weighted by Gasteiger charge is -2.24. The number of hydrogen-bond donors (Lipinski definition) is 3. The molecule has 18 heavy (non-hydrogen) atoms. The second-order valence-electron chi connectivity index (χ2n) is 4.69. The average molecular weight is 251 g/mol. The first-order valence-corrected chi connectivity index (χ1v) is 5.86. The normalized spacial score (nSPS) is 10.9. The van der Waals surface area contributed by atoms with Gasteiger partial charge >= 0.3 is 0 Å². The standard InChI is InChI=1S/C13H21N3O2/c1-13(2,9-14)16-12(17)8-15-10-6-4-5-7-11(10)18-3/h4-7,15H,8-9,14H2,1-3H3,(H,16,17). The molecule has 0 saturated carbocycles. The fourth-order valence-electron chi connectivity index (χ4n) is 1.44. The van der Waals surface area contributed by atoms with Crippen LogP contribution in [-0.4, -0.2) is 31.6 Å². The lowest BCUT2D eigenvalue weighted by molar-refractivity contribution is -0.120. The van der Waals surface area contributed by atoms with E-state index in [9.17, 15) is 4.79 Å². The molecule has 0 aliphatic heterocycles. The van der Waals surface area contributed by atoms with E-state index in [1.165, 1.54) is 0 Å². The predicted molar refractivity (Wildman–Crippen MR) is 72.8 cm³/mol. The number of nitrogens with one attached hydrogen (secondary N) is 2. The molecule has 0 saturated heterocycles. The van der Waals surface area contributed by atoms with Crippen molar-refractivity contribution in [2.45, 2.75) is 19.4 Å². The summed E-state index contributed by atoms with van der Waals surface area (Å²) in [6.07, 6.45) is 0. The van der Waals surface area contributed by atoms with Gasteiger partial charge in [0.2, 0.25) is 5.91 Å². The van der Waals surface area contributed by atoms with Gasteiger partial charge in [-0.25, -0.2) is 0 Å². The van der Waals surface area contributed by atoms with E-state index < -0.39 is 0 Å². The summed E-state index contributed by atoms with van der Waals surface area (Å²) in [5.41, 5.74) is 5.96. The van der Waals surface area contributed by atoms with Crippen LogP contribution in [0, 0.1) is 0 Å². The van der Waals surface area contributed by atoms with Crippen LogP contribution in [0.4, 0.5) is 5.69 Å². The highest BCUT2D eigenvalue weighted by molar-refractivity contribution is 5.81. The van der Waals surface area contributed by atoms with Gasteiger partial charge in [0, 0.05) is 12.1 Å². The predicted octanol–water partition coefficient (Wildman–Crippen LogP) is 0.961. The SMILES string of the molecule is COc1ccccc1NCC(=O)NC(C)(C)CN. The second kappa shape index (κ2) is 6.26. The molecule has 0 fully saturated rings. The minimum absolute atomic E-state index is 0.101. The molecule has 1 rings (SSSR count). The van der Waals surface area contributed by atoms with Gasteiger partial charge in [-0.15, -0.1) is 0 Å². The number of anilines is 1. The summed E-state index contributed by atoms with van der Waals surface area (Å²) in [7, 11) is 1.60. The maximum absolute atomic E-state index is 11.7. The molecule has 0 aliphatic carbocycles. The first-order chi connectivity index (χ1) is 8.48. The van der Waals surface area contributed by atoms with Crippen LogP contribution >= 0.6 is 0 Å². The summed E-state index contributed by atoms with van der Waals surface area (Å²) in [6, 6.07) is 7.46. The zero-order chi connectivity index (χ0) is 13.6. The number of amides is 1. The number of hydrogen-bond acceptors (Lipinski definition) is 4. The van der Waals surface area contributed by atoms with Gasteiger partial charge in [-0.05, 0) is 26.0 Å². The van der Waals surface area contributed by atoms with Gasteiger partial charge in [-0.1, -0.05) is 12.1 Å². The highest BCUT2D eigenvalue weighted by Crippen LogP contribution is 2.22. The van der Waals surface area contributed by atoms with Gasteiger partial charge < -0.3 is 21.1 Å². The topological polar surface area (TPSA) is 76.4 Å². The molecule has 0 radical (unpaired) electrons. The third-order valence-corrected chi connectivity index (χ3v) is 2.53. The monoisotopic (exact) mass is 251 g/mol. The molecule has 0 aliphatic rings. The van der Waals surface area contributed by atoms with Crippen molar-refractivity contribution in [3.05, 3.63) is 24.3 Å². The van der Waals surface area contributed by atoms with Crippen LogP contribution in [0.5, 0.6) is 5.75 Å². The molecule has 1 amide bonds. The number of benzene rings is 1. The van der Waals surface area contributed by atoms with Crippen molar-refractivity contribution in [3.63, 3.8) is 0 Å². The van der Waals surface area contributed by atoms with Crippen molar-refractivity contribution < 1.29 is 9.53 Å². The van der Waals surface area contributed by atoms with Crippen LogP contribution in [-0.2, 0) is 4.79 Å². The molecular formula is C13H21N3O2. The lowest BCUT2D eigenvalue weighted by atomic mass is 10.1. The zero-order valence-electron chi connectivity index (χ0n) is 11.1. The summed E-state index contributed by atoms with van der Waals surface area (Å²) in [5.74, 6) is 0.611. The summed E-state index contributed by atoms with van der Waals surface area (Å²) < 4.78 is 5.19. The Bertz CT molecular complexity index is 405. The fraction of sp³-hybridized carbons (Fsp3) is 0.462. The van der Waals surface area contributed by atoms with Crippen molar-refractivity contribution in [1.82, 2.24) is 5.32 Å². The number of carbonyl (C=O) groups is 1. The maximum Gasteiger partial charge on any atom is 0.239 e. The van der Waals surface area contributed by atoms with E-state index in [4.69, 9.17) is 10.5 Å². The Morgan fingerprint density at radius 3 is 2.67 bits per heavy atom. The third-order valence-electron chi connectivity index (χ3n) is 2.53. The highest BCUT2D eigenvalue weighted by atomic mass is 16.5. The molecule has 5 heteroatoms. The lowest BCUT2D eigenvalue weighted by Crippen LogP contribution is -2.50. The van der Waals surface area contributed by atoms with Crippen LogP contribution in [0.25, 0.3) is 0 Å². The summed E-state index contributed by atoms with van der Waals surface area (Å²) in [6.45, 7) is 4.35. The molecule has 0 aromatic heterocycles. The number of rotatable bonds is 6. The summed E-state index contributed by atoms with van der Waals surface area (Å²) >= 11 is 0. The van der Waals surface area contributed by atoms with E-state index in [0.29, 0.717) is 12.3 Å². The van der Waals surface area contributed by atoms with Crippen molar-refractivity contribution in [1.29, 1.82) is 0 Å². The van der Waals surface area contributed by atoms with Crippen LogP contribution in [0.15, 0.2) is 24.3 Å². The molecule has 0 atom stereocenters. The molecule has 1 aromatic rings. The first-order valence-electron chi connectivity index (χ1n) is 5.86. The molecule has 0 spiro atoms. The molecule has 1 aromatic carbocycles. The molecule has 4 N–H and O–H groups in total. The van der Waals surface area contributed by atoms with E-state index >= 15 is 0 Å². The smallest absolute Gasteiger partial charge is 0.239 e. The Balaban J connectivity index is 2.52. The van der Waals surface area contributed by atoms with E-state index in [1.54, 1.807) is 7.11 Å². The number of ether oxygens (including phenoxy) is 1. The Labute approximate surface area is 108 Å². The van der Waals surface area contributed by atoms with Crippen LogP contribution in [0.2, 0.25) is 0 Å². The van der Waals surface area contributed by atoms with Gasteiger partial charge in [0.25, 0.3) is 0 Å². The number of carbonyl (C=O) groups excluding carboxylic acids is 1. The molecule has 0 bridgehead atoms. The molecule has 100 valence electrons. The average Bonchev–Trinajstić information content (AvgIpc) is 2.36. The van der Waals surface area contributed by atoms with E-state index in [2.05, 4.69) is 10.6 Å². The van der Waals surface area contributed by atoms with Crippen LogP contribution in [0.1, 0.15) is 13.8 Å². The fourth-order valence-corrected chi connectivity index (χ4v) is 1.44. The van der Waals surface area contributed by atoms with Crippen molar-refractivity contribution in [3.8, 4) is 5.75 Å². The van der Waals surface area contributed by atoms with Crippen molar-refractivity contribution in [2.75, 3.05) is 25.5 Å². The zero-order valence-corrected chi connectivity index (χ0v) is 11.1. The Kier molecular flexibility index (Phi) is 4.97. The number of nitrogens with two attached hydrogens (primary N) is 1. The minimum Gasteiger partial charge on any atom is -0.495 e. The van der Waals surface area contributed by atoms with Crippen LogP contribution in [0.3, 0.4) is 0 Å². The minimum atomic E-state index is -0.389. The second-order valence-corrected chi connectivity index (χ2v) is 4.69. The highest BCUT2D eigenvalue weighted by Gasteiger charge is 2.17. The van der Waals surface area contributed by atoms with Crippen LogP contribution < -0.4 is 21.1 Å². The van der Waals surface area contributed by atoms with Crippen molar-refractivity contribution >= 4 is 11.6 Å². The number of methoxy groups -OCH3 is 1. The van der Waals surface area contributed by atoms with E-state index in [-0.39, 0.29) is 18.0 Å². The summed E-state index contributed by atoms with van der Waals surface area (Å²) in [4.78, 5) is 11.7. The Morgan fingerprint density at radius 1 is 1.39 bits per heavy atom. The maximum atomic E-state index is 11.7. The quantitative estimate of drug-likeness (QED) is 0.704. The summed E-state index contributed by atoms with van der Waals surface area (Å²) in [5, 5.41) is 5.88. The van der Waals surface area contributed by atoms with Gasteiger partial charge in [-0.3, -0.25) is 4.79 Å². The van der Waals surface area contributed by atoms with Gasteiger partial charge in [0.15, 0.2) is 0 Å². The molecule has 0 unspecified atom stereocenters. The van der Waals surface area contributed by atoms with E-state index in [1.807, 2.05) is 38.1 Å². The van der Waals surface area contributed by atoms with Crippen molar-refractivity contribution in [2.24, 2.45) is 5.73 Å². The number of para-hydroxylation sites is 2. The Hall–Kier alpha value is -1.75. The Morgan fingerprint density at radius 2 is 2.06 bits per heavy atom. The first kappa shape index (κ1) is 14.3. The van der Waals surface area contributed by atoms with Gasteiger partial charge in [-0.2, -0.15) is 0 Å². The molecular weight excluding hydrogens is 230 g/mol. The molecule has 0 heterocycles. The van der Waals surface area contributed by atoms with E-state index in [0.717, 1.165) is 5.69 Å². The third kappa shape index (κ3) is 4.25. The van der Waals surface area contributed by atoms with Gasteiger partial charge in [0.05, 0.1) is 19.3 Å².